The van der Waals surface area contributed by atoms with Crippen LogP contribution in [0.25, 0.3) is 0 Å². The summed E-state index contributed by atoms with van der Waals surface area (Å²) in [6.45, 7) is -2.07. The fourth-order valence-corrected chi connectivity index (χ4v) is 1.13. The van der Waals surface area contributed by atoms with Crippen molar-refractivity contribution in [1.82, 2.24) is 4.90 Å². The number of anilines is 1. The van der Waals surface area contributed by atoms with Gasteiger partial charge < -0.3 is 10.2 Å². The van der Waals surface area contributed by atoms with Crippen molar-refractivity contribution in [2.45, 2.75) is 19.8 Å². The largest absolute Gasteiger partial charge is 0.331 e. The third kappa shape index (κ3) is 3.27. The van der Waals surface area contributed by atoms with Crippen molar-refractivity contribution < 1.29 is 13.0 Å². The Morgan fingerprint density at radius 2 is 1.93 bits per heavy atom. The van der Waals surface area contributed by atoms with Crippen molar-refractivity contribution in [3.63, 3.8) is 0 Å². The van der Waals surface area contributed by atoms with Crippen LogP contribution < -0.4 is 5.32 Å². The van der Waals surface area contributed by atoms with Gasteiger partial charge in [0.05, 0.1) is 0 Å². The SMILES string of the molecule is [2H]C([2H])([2H])N(C(=O)Nc1ccc(C(C)C)cc1)C([2H])([2H])[2H]. The van der Waals surface area contributed by atoms with Crippen LogP contribution in [-0.4, -0.2) is 24.9 Å². The number of rotatable bonds is 2. The minimum atomic E-state index is -3.05. The lowest BCUT2D eigenvalue weighted by Crippen LogP contribution is -2.27. The number of carbonyl (C=O) groups excluding carboxylic acids is 1. The van der Waals surface area contributed by atoms with Gasteiger partial charge in [-0.25, -0.2) is 4.79 Å². The first kappa shape index (κ1) is 5.54. The molecule has 0 saturated carbocycles. The van der Waals surface area contributed by atoms with Crippen LogP contribution in [0.1, 0.15) is 33.6 Å². The van der Waals surface area contributed by atoms with Crippen LogP contribution in [0, 0.1) is 0 Å². The van der Waals surface area contributed by atoms with E-state index in [0.717, 1.165) is 5.56 Å². The average Bonchev–Trinajstić information content (AvgIpc) is 2.25. The van der Waals surface area contributed by atoms with Crippen molar-refractivity contribution in [3.05, 3.63) is 29.8 Å². The second-order valence-corrected chi connectivity index (χ2v) is 3.54. The molecule has 82 valence electrons. The summed E-state index contributed by atoms with van der Waals surface area (Å²) in [7, 11) is 0. The molecule has 0 aromatic heterocycles. The first-order chi connectivity index (χ1) is 9.43. The van der Waals surface area contributed by atoms with E-state index >= 15 is 0 Å². The molecule has 3 heteroatoms. The fourth-order valence-electron chi connectivity index (χ4n) is 1.13. The van der Waals surface area contributed by atoms with Gasteiger partial charge in [-0.2, -0.15) is 0 Å². The number of amides is 2. The maximum absolute atomic E-state index is 11.9. The van der Waals surface area contributed by atoms with Crippen LogP contribution in [0.4, 0.5) is 10.5 Å². The molecule has 15 heavy (non-hydrogen) atoms. The minimum absolute atomic E-state index is 0.115. The Bertz CT molecular complexity index is 478. The second-order valence-electron chi connectivity index (χ2n) is 3.54. The Balaban J connectivity index is 2.92. The van der Waals surface area contributed by atoms with E-state index in [1.807, 2.05) is 13.8 Å². The number of nitrogens with zero attached hydrogens (tertiary/aromatic N) is 1. The van der Waals surface area contributed by atoms with Crippen molar-refractivity contribution in [2.24, 2.45) is 0 Å². The lowest BCUT2D eigenvalue weighted by molar-refractivity contribution is 0.230. The van der Waals surface area contributed by atoms with Crippen molar-refractivity contribution >= 4 is 11.7 Å². The lowest BCUT2D eigenvalue weighted by Gasteiger charge is -2.12. The van der Waals surface area contributed by atoms with Gasteiger partial charge in [0, 0.05) is 27.9 Å². The number of nitrogens with one attached hydrogen (secondary N) is 1. The van der Waals surface area contributed by atoms with Gasteiger partial charge in [0.15, 0.2) is 0 Å². The number of carbonyl (C=O) groups is 1. The molecule has 2 amide bonds. The summed E-state index contributed by atoms with van der Waals surface area (Å²) in [5.41, 5.74) is 1.39. The van der Waals surface area contributed by atoms with Gasteiger partial charge in [0.2, 0.25) is 0 Å². The highest BCUT2D eigenvalue weighted by molar-refractivity contribution is 5.88. The molecule has 0 heterocycles. The summed E-state index contributed by atoms with van der Waals surface area (Å²) < 4.78 is 43.0. The molecule has 3 nitrogen and oxygen atoms in total. The van der Waals surface area contributed by atoms with Crippen LogP contribution in [0.2, 0.25) is 0 Å². The van der Waals surface area contributed by atoms with Crippen LogP contribution in [0.3, 0.4) is 0 Å². The summed E-state index contributed by atoms with van der Waals surface area (Å²) >= 11 is 0. The summed E-state index contributed by atoms with van der Waals surface area (Å²) in [5, 5.41) is 2.29. The Hall–Kier alpha value is -1.51. The summed E-state index contributed by atoms with van der Waals surface area (Å²) in [4.78, 5) is 11.8. The summed E-state index contributed by atoms with van der Waals surface area (Å²) in [5.74, 6) is 0.316. The van der Waals surface area contributed by atoms with Gasteiger partial charge in [-0.15, -0.1) is 0 Å². The van der Waals surface area contributed by atoms with Crippen LogP contribution >= 0.6 is 0 Å². The summed E-state index contributed by atoms with van der Waals surface area (Å²) in [6.07, 6.45) is 0. The number of hydrogen-bond acceptors (Lipinski definition) is 1. The molecule has 0 aliphatic rings. The Morgan fingerprint density at radius 3 is 2.40 bits per heavy atom. The van der Waals surface area contributed by atoms with E-state index in [9.17, 15) is 4.79 Å². The van der Waals surface area contributed by atoms with E-state index in [1.54, 1.807) is 24.3 Å². The second kappa shape index (κ2) is 4.82. The molecule has 0 spiro atoms. The molecule has 0 unspecified atom stereocenters. The Labute approximate surface area is 99.5 Å². The average molecular weight is 212 g/mol. The Kier molecular flexibility index (Phi) is 1.78. The van der Waals surface area contributed by atoms with Gasteiger partial charge in [0.1, 0.15) is 0 Å². The van der Waals surface area contributed by atoms with Crippen molar-refractivity contribution in [2.75, 3.05) is 19.3 Å². The fraction of sp³-hybridized carbons (Fsp3) is 0.417. The number of hydrogen-bond donors (Lipinski definition) is 1. The zero-order valence-corrected chi connectivity index (χ0v) is 8.74. The van der Waals surface area contributed by atoms with Gasteiger partial charge in [-0.1, -0.05) is 26.0 Å². The Morgan fingerprint density at radius 1 is 1.33 bits per heavy atom. The first-order valence-corrected chi connectivity index (χ1v) is 4.64. The van der Waals surface area contributed by atoms with Crippen molar-refractivity contribution in [1.29, 1.82) is 0 Å². The lowest BCUT2D eigenvalue weighted by atomic mass is 10.0. The molecule has 0 bridgehead atoms. The molecule has 0 atom stereocenters. The topological polar surface area (TPSA) is 32.3 Å². The molecular weight excluding hydrogens is 188 g/mol. The summed E-state index contributed by atoms with van der Waals surface area (Å²) in [6, 6.07) is 5.59. The predicted octanol–water partition coefficient (Wildman–Crippen LogP) is 2.90. The minimum Gasteiger partial charge on any atom is -0.331 e. The molecule has 0 saturated heterocycles. The van der Waals surface area contributed by atoms with E-state index in [0.29, 0.717) is 11.6 Å². The molecule has 1 rings (SSSR count). The monoisotopic (exact) mass is 212 g/mol. The van der Waals surface area contributed by atoms with E-state index in [-0.39, 0.29) is 4.90 Å². The normalized spacial score (nSPS) is 17.8. The van der Waals surface area contributed by atoms with E-state index in [2.05, 4.69) is 5.32 Å². The van der Waals surface area contributed by atoms with Crippen LogP contribution in [0.15, 0.2) is 24.3 Å². The number of benzene rings is 1. The van der Waals surface area contributed by atoms with Crippen LogP contribution in [-0.2, 0) is 0 Å². The molecule has 1 aromatic rings. The van der Waals surface area contributed by atoms with Gasteiger partial charge >= 0.3 is 6.03 Å². The van der Waals surface area contributed by atoms with Gasteiger partial charge in [-0.3, -0.25) is 0 Å². The van der Waals surface area contributed by atoms with E-state index in [1.165, 1.54) is 0 Å². The molecule has 1 N–H and O–H groups in total. The maximum Gasteiger partial charge on any atom is 0.321 e. The van der Waals surface area contributed by atoms with E-state index in [4.69, 9.17) is 8.22 Å². The number of urea groups is 1. The van der Waals surface area contributed by atoms with Gasteiger partial charge in [-0.05, 0) is 23.6 Å². The quantitative estimate of drug-likeness (QED) is 0.803. The maximum atomic E-state index is 11.9. The first-order valence-electron chi connectivity index (χ1n) is 7.64. The molecule has 0 aliphatic heterocycles. The molecule has 1 aromatic carbocycles. The highest BCUT2D eigenvalue weighted by atomic mass is 16.2. The smallest absolute Gasteiger partial charge is 0.321 e. The predicted molar refractivity (Wildman–Crippen MR) is 63.2 cm³/mol. The van der Waals surface area contributed by atoms with Crippen LogP contribution in [0.5, 0.6) is 0 Å². The molecule has 0 radical (unpaired) electrons. The third-order valence-corrected chi connectivity index (χ3v) is 2.03. The standard InChI is InChI=1S/C12H18N2O/c1-9(2)10-5-7-11(8-6-10)13-12(15)14(3)4/h5-9H,1-4H3,(H,13,15)/i3D3,4D3. The third-order valence-electron chi connectivity index (χ3n) is 2.03. The molecule has 0 fully saturated rings. The zero-order chi connectivity index (χ0) is 16.4. The van der Waals surface area contributed by atoms with Crippen molar-refractivity contribution in [3.8, 4) is 0 Å². The van der Waals surface area contributed by atoms with Gasteiger partial charge in [0.25, 0.3) is 0 Å². The highest BCUT2D eigenvalue weighted by Crippen LogP contribution is 2.17. The molecular formula is C12H18N2O. The van der Waals surface area contributed by atoms with E-state index < -0.39 is 20.0 Å². The molecule has 0 aliphatic carbocycles. The highest BCUT2D eigenvalue weighted by Gasteiger charge is 2.04. The zero-order valence-electron chi connectivity index (χ0n) is 14.7.